The number of rotatable bonds is 10. The number of unbranched alkanes of at least 4 members (excludes halogenated alkanes) is 1. The number of aliphatic hydroxyl groups excluding tert-OH is 1. The normalized spacial score (nSPS) is 19.8. The van der Waals surface area contributed by atoms with Gasteiger partial charge in [0.25, 0.3) is 0 Å². The molecule has 2 aromatic carbocycles. The van der Waals surface area contributed by atoms with E-state index in [1.165, 1.54) is 5.56 Å². The third kappa shape index (κ3) is 6.81. The smallest absolute Gasteiger partial charge is 0.138 e. The minimum Gasteiger partial charge on any atom is -0.392 e. The zero-order valence-electron chi connectivity index (χ0n) is 19.1. The fraction of sp³-hybridized carbons (Fsp3) is 0.519. The molecule has 2 aromatic rings. The first-order chi connectivity index (χ1) is 14.4. The zero-order valence-corrected chi connectivity index (χ0v) is 22.0. The van der Waals surface area contributed by atoms with Crippen molar-refractivity contribution in [3.05, 3.63) is 71.3 Å². The first-order valence-electron chi connectivity index (χ1n) is 11.3. The van der Waals surface area contributed by atoms with Crippen molar-refractivity contribution >= 4 is 5.78 Å². The van der Waals surface area contributed by atoms with E-state index in [1.807, 2.05) is 24.3 Å². The van der Waals surface area contributed by atoms with Crippen LogP contribution in [0.1, 0.15) is 75.5 Å². The van der Waals surface area contributed by atoms with Crippen molar-refractivity contribution in [1.82, 2.24) is 0 Å². The summed E-state index contributed by atoms with van der Waals surface area (Å²) >= 11 is 0. The predicted molar refractivity (Wildman–Crippen MR) is 120 cm³/mol. The summed E-state index contributed by atoms with van der Waals surface area (Å²) in [7, 11) is 0. The fourth-order valence-corrected chi connectivity index (χ4v) is 4.45. The van der Waals surface area contributed by atoms with Crippen LogP contribution in [0.15, 0.2) is 48.5 Å². The second-order valence-corrected chi connectivity index (χ2v) is 9.15. The van der Waals surface area contributed by atoms with Crippen molar-refractivity contribution < 1.29 is 47.3 Å². The van der Waals surface area contributed by atoms with E-state index < -0.39 is 0 Å². The molecule has 31 heavy (non-hydrogen) atoms. The molecule has 1 N–H and O–H groups in total. The Bertz CT molecular complexity index is 801. The number of carbonyl (C=O) groups excluding carboxylic acids is 1. The number of Topliss-reactive ketones (excluding diaryl/α,β-unsaturated/α-hetero) is 1. The van der Waals surface area contributed by atoms with Crippen LogP contribution >= 0.6 is 0 Å². The molecule has 3 rings (SSSR count). The average Bonchev–Trinajstić information content (AvgIpc) is 3.13. The van der Waals surface area contributed by atoms with E-state index >= 15 is 0 Å². The average molecular weight is 496 g/mol. The second-order valence-electron chi connectivity index (χ2n) is 9.15. The first kappa shape index (κ1) is 26.4. The molecule has 0 saturated heterocycles. The van der Waals surface area contributed by atoms with Crippen molar-refractivity contribution in [2.45, 2.75) is 76.9 Å². The summed E-state index contributed by atoms with van der Waals surface area (Å²) in [6, 6.07) is 19.4. The van der Waals surface area contributed by atoms with E-state index in [4.69, 9.17) is 4.74 Å². The minimum absolute atomic E-state index is 0. The summed E-state index contributed by atoms with van der Waals surface area (Å²) < 4.78 is 5.90. The number of benzene rings is 2. The SMILES string of the molecule is CCCCC(O)C(C)(C)c1ccc(C2CCC(=O)C2COCc2c[c-]ccc2)cc1.[Y]. The number of ether oxygens (including phenoxy) is 1. The Kier molecular flexibility index (Phi) is 10.5. The molecule has 0 aliphatic heterocycles. The number of hydrogen-bond donors (Lipinski definition) is 1. The topological polar surface area (TPSA) is 46.5 Å². The van der Waals surface area contributed by atoms with Crippen molar-refractivity contribution in [3.8, 4) is 0 Å². The van der Waals surface area contributed by atoms with Crippen LogP contribution in [0.4, 0.5) is 0 Å². The van der Waals surface area contributed by atoms with Crippen LogP contribution in [0, 0.1) is 12.0 Å². The van der Waals surface area contributed by atoms with E-state index in [9.17, 15) is 9.90 Å². The van der Waals surface area contributed by atoms with Crippen LogP contribution in [0.2, 0.25) is 0 Å². The van der Waals surface area contributed by atoms with Gasteiger partial charge in [0.05, 0.1) is 12.7 Å². The maximum absolute atomic E-state index is 12.5. The van der Waals surface area contributed by atoms with Gasteiger partial charge in [0.1, 0.15) is 5.78 Å². The van der Waals surface area contributed by atoms with Gasteiger partial charge in [-0.05, 0) is 29.9 Å². The first-order valence-corrected chi connectivity index (χ1v) is 11.3. The van der Waals surface area contributed by atoms with Crippen molar-refractivity contribution in [2.75, 3.05) is 6.61 Å². The maximum Gasteiger partial charge on any atom is 0.138 e. The van der Waals surface area contributed by atoms with E-state index in [-0.39, 0.29) is 56.1 Å². The fourth-order valence-electron chi connectivity index (χ4n) is 4.45. The van der Waals surface area contributed by atoms with Crippen LogP contribution < -0.4 is 0 Å². The van der Waals surface area contributed by atoms with Gasteiger partial charge in [0.2, 0.25) is 0 Å². The number of carbonyl (C=O) groups is 1. The molecule has 4 heteroatoms. The molecule has 1 saturated carbocycles. The molecule has 3 atom stereocenters. The van der Waals surface area contributed by atoms with Crippen molar-refractivity contribution in [1.29, 1.82) is 0 Å². The molecule has 165 valence electrons. The Morgan fingerprint density at radius 1 is 1.23 bits per heavy atom. The summed E-state index contributed by atoms with van der Waals surface area (Å²) in [5.74, 6) is 0.438. The molecule has 0 bridgehead atoms. The number of ketones is 1. The quantitative estimate of drug-likeness (QED) is 0.436. The van der Waals surface area contributed by atoms with Crippen molar-refractivity contribution in [2.24, 2.45) is 5.92 Å². The molecule has 0 spiro atoms. The molecule has 1 aliphatic carbocycles. The Hall–Kier alpha value is -0.866. The van der Waals surface area contributed by atoms with Gasteiger partial charge in [-0.15, -0.1) is 5.56 Å². The Morgan fingerprint density at radius 2 is 1.97 bits per heavy atom. The maximum atomic E-state index is 12.5. The van der Waals surface area contributed by atoms with E-state index in [1.54, 1.807) is 0 Å². The van der Waals surface area contributed by atoms with Gasteiger partial charge in [-0.25, -0.2) is 0 Å². The summed E-state index contributed by atoms with van der Waals surface area (Å²) in [5.41, 5.74) is 3.14. The Labute approximate surface area is 212 Å². The standard InChI is InChI=1S/C27H35O3.Y/c1-4-5-11-26(29)27(2,3)22-14-12-21(13-15-22)23-16-17-25(28)24(23)19-30-18-20-9-7-6-8-10-20;/h6-7,9-10,12-15,23-24,26,29H,4-5,11,16-19H2,1-3H3;/q-1;. The third-order valence-electron chi connectivity index (χ3n) is 6.69. The second kappa shape index (κ2) is 12.4. The molecule has 3 unspecified atom stereocenters. The number of hydrogen-bond acceptors (Lipinski definition) is 3. The van der Waals surface area contributed by atoms with Gasteiger partial charge < -0.3 is 9.84 Å². The summed E-state index contributed by atoms with van der Waals surface area (Å²) in [4.78, 5) is 12.5. The third-order valence-corrected chi connectivity index (χ3v) is 6.69. The van der Waals surface area contributed by atoms with Gasteiger partial charge >= 0.3 is 0 Å². The largest absolute Gasteiger partial charge is 0.392 e. The van der Waals surface area contributed by atoms with Crippen LogP contribution in [0.25, 0.3) is 0 Å². The summed E-state index contributed by atoms with van der Waals surface area (Å²) in [6.45, 7) is 7.34. The summed E-state index contributed by atoms with van der Waals surface area (Å²) in [5, 5.41) is 10.6. The molecule has 0 heterocycles. The van der Waals surface area contributed by atoms with Crippen molar-refractivity contribution in [3.63, 3.8) is 0 Å². The Morgan fingerprint density at radius 3 is 2.61 bits per heavy atom. The number of aliphatic hydroxyl groups is 1. The molecule has 0 aromatic heterocycles. The van der Waals surface area contributed by atoms with E-state index in [0.29, 0.717) is 25.4 Å². The van der Waals surface area contributed by atoms with Gasteiger partial charge in [-0.3, -0.25) is 4.79 Å². The van der Waals surface area contributed by atoms with E-state index in [2.05, 4.69) is 51.1 Å². The van der Waals surface area contributed by atoms with E-state index in [0.717, 1.165) is 36.8 Å². The molecule has 1 fully saturated rings. The molecule has 3 nitrogen and oxygen atoms in total. The zero-order chi connectivity index (χ0) is 21.6. The molecule has 0 amide bonds. The van der Waals surface area contributed by atoms with Gasteiger partial charge in [0.15, 0.2) is 0 Å². The van der Waals surface area contributed by atoms with Gasteiger partial charge in [-0.2, -0.15) is 30.3 Å². The Balaban J connectivity index is 0.00000341. The molecule has 1 aliphatic rings. The molecular formula is C27H35O3Y-. The minimum atomic E-state index is -0.354. The summed E-state index contributed by atoms with van der Waals surface area (Å²) in [6.07, 6.45) is 4.10. The predicted octanol–water partition coefficient (Wildman–Crippen LogP) is 5.59. The van der Waals surface area contributed by atoms with Gasteiger partial charge in [0, 0.05) is 57.1 Å². The molecule has 1 radical (unpaired) electrons. The molecular weight excluding hydrogens is 461 g/mol. The van der Waals surface area contributed by atoms with Gasteiger partial charge in [-0.1, -0.05) is 57.9 Å². The van der Waals surface area contributed by atoms with Crippen LogP contribution in [-0.4, -0.2) is 23.6 Å². The van der Waals surface area contributed by atoms with Crippen LogP contribution in [0.5, 0.6) is 0 Å². The van der Waals surface area contributed by atoms with Crippen LogP contribution in [0.3, 0.4) is 0 Å². The monoisotopic (exact) mass is 496 g/mol. The van der Waals surface area contributed by atoms with Crippen LogP contribution in [-0.2, 0) is 54.3 Å².